The fourth-order valence-electron chi connectivity index (χ4n) is 4.20. The maximum absolute atomic E-state index is 10.7. The fourth-order valence-corrected chi connectivity index (χ4v) is 4.20. The highest BCUT2D eigenvalue weighted by atomic mass is 16.5. The quantitative estimate of drug-likeness (QED) is 0.129. The van der Waals surface area contributed by atoms with E-state index in [1.165, 1.54) is 25.3 Å². The lowest BCUT2D eigenvalue weighted by Crippen LogP contribution is -2.36. The summed E-state index contributed by atoms with van der Waals surface area (Å²) in [5, 5.41) is 33.3. The molecule has 0 fully saturated rings. The molecule has 0 aliphatic rings. The van der Waals surface area contributed by atoms with Crippen LogP contribution in [0, 0.1) is 0 Å². The van der Waals surface area contributed by atoms with E-state index >= 15 is 0 Å². The maximum Gasteiger partial charge on any atom is 0.121 e. The highest BCUT2D eigenvalue weighted by molar-refractivity contribution is 5.36. The Hall–Kier alpha value is -2.12. The van der Waals surface area contributed by atoms with E-state index in [0.29, 0.717) is 17.7 Å². The van der Waals surface area contributed by atoms with Gasteiger partial charge in [-0.3, -0.25) is 5.32 Å². The van der Waals surface area contributed by atoms with Crippen LogP contribution in [-0.4, -0.2) is 34.7 Å². The van der Waals surface area contributed by atoms with E-state index in [0.717, 1.165) is 56.4 Å². The Balaban J connectivity index is 1.97. The van der Waals surface area contributed by atoms with Gasteiger partial charge >= 0.3 is 0 Å². The van der Waals surface area contributed by atoms with Crippen molar-refractivity contribution in [3.8, 4) is 11.5 Å². The van der Waals surface area contributed by atoms with Crippen molar-refractivity contribution in [1.29, 1.82) is 0 Å². The lowest BCUT2D eigenvalue weighted by atomic mass is 10.0. The second-order valence-electron chi connectivity index (χ2n) is 9.47. The van der Waals surface area contributed by atoms with Crippen molar-refractivity contribution in [3.63, 3.8) is 0 Å². The number of aromatic hydroxyl groups is 1. The zero-order valence-electron chi connectivity index (χ0n) is 22.4. The molecule has 0 aromatic heterocycles. The molecule has 2 aromatic rings. The molecule has 0 heterocycles. The van der Waals surface area contributed by atoms with Crippen molar-refractivity contribution in [3.05, 3.63) is 59.2 Å². The minimum absolute atomic E-state index is 0.0286. The van der Waals surface area contributed by atoms with Gasteiger partial charge in [0.1, 0.15) is 17.7 Å². The molecule has 2 aromatic carbocycles. The minimum Gasteiger partial charge on any atom is -0.508 e. The fraction of sp³-hybridized carbons (Fsp3) is 0.600. The molecule has 36 heavy (non-hydrogen) atoms. The second-order valence-corrected chi connectivity index (χ2v) is 9.47. The number of aliphatic hydroxyl groups excluding tert-OH is 2. The number of ether oxygens (including phenoxy) is 2. The summed E-state index contributed by atoms with van der Waals surface area (Å²) >= 11 is 0. The van der Waals surface area contributed by atoms with Gasteiger partial charge in [0.25, 0.3) is 0 Å². The Morgan fingerprint density at radius 3 is 2.22 bits per heavy atom. The largest absolute Gasteiger partial charge is 0.508 e. The van der Waals surface area contributed by atoms with Crippen LogP contribution in [0.15, 0.2) is 42.5 Å². The van der Waals surface area contributed by atoms with Crippen molar-refractivity contribution in [2.45, 2.75) is 104 Å². The Kier molecular flexibility index (Phi) is 14.5. The first-order valence-electron chi connectivity index (χ1n) is 13.7. The SMILES string of the molecule is CCCCCCOc1ccc(C(CC)OC(CCCCC)NCC(O)c2ccc(O)c(CO)c2)cc1. The highest BCUT2D eigenvalue weighted by Gasteiger charge is 2.19. The first kappa shape index (κ1) is 30.1. The molecule has 0 aliphatic carbocycles. The predicted octanol–water partition coefficient (Wildman–Crippen LogP) is 6.54. The van der Waals surface area contributed by atoms with Crippen LogP contribution in [0.4, 0.5) is 0 Å². The summed E-state index contributed by atoms with van der Waals surface area (Å²) in [4.78, 5) is 0. The number of hydrogen-bond acceptors (Lipinski definition) is 6. The van der Waals surface area contributed by atoms with Crippen molar-refractivity contribution in [1.82, 2.24) is 5.32 Å². The lowest BCUT2D eigenvalue weighted by Gasteiger charge is -2.27. The monoisotopic (exact) mass is 501 g/mol. The van der Waals surface area contributed by atoms with E-state index in [9.17, 15) is 15.3 Å². The van der Waals surface area contributed by atoms with Gasteiger partial charge in [-0.15, -0.1) is 0 Å². The number of nitrogens with one attached hydrogen (secondary N) is 1. The van der Waals surface area contributed by atoms with Crippen molar-refractivity contribution >= 4 is 0 Å². The van der Waals surface area contributed by atoms with E-state index in [1.807, 2.05) is 12.1 Å². The van der Waals surface area contributed by atoms with E-state index in [4.69, 9.17) is 9.47 Å². The van der Waals surface area contributed by atoms with Gasteiger partial charge in [0.05, 0.1) is 25.4 Å². The van der Waals surface area contributed by atoms with Crippen LogP contribution in [0.5, 0.6) is 11.5 Å². The third kappa shape index (κ3) is 10.5. The summed E-state index contributed by atoms with van der Waals surface area (Å²) in [5.74, 6) is 0.919. The van der Waals surface area contributed by atoms with Gasteiger partial charge < -0.3 is 24.8 Å². The molecule has 3 atom stereocenters. The zero-order chi connectivity index (χ0) is 26.2. The molecular weight excluding hydrogens is 454 g/mol. The number of hydrogen-bond donors (Lipinski definition) is 4. The topological polar surface area (TPSA) is 91.2 Å². The highest BCUT2D eigenvalue weighted by Crippen LogP contribution is 2.27. The van der Waals surface area contributed by atoms with Crippen molar-refractivity contribution in [2.24, 2.45) is 0 Å². The molecular formula is C30H47NO5. The normalized spacial score (nSPS) is 13.9. The first-order chi connectivity index (χ1) is 17.5. The van der Waals surface area contributed by atoms with Gasteiger partial charge in [-0.25, -0.2) is 0 Å². The number of aliphatic hydroxyl groups is 2. The molecule has 0 aliphatic heterocycles. The molecule has 0 saturated carbocycles. The zero-order valence-corrected chi connectivity index (χ0v) is 22.4. The van der Waals surface area contributed by atoms with Crippen molar-refractivity contribution < 1.29 is 24.8 Å². The number of rotatable bonds is 19. The summed E-state index contributed by atoms with van der Waals surface area (Å²) in [7, 11) is 0. The third-order valence-corrected chi connectivity index (χ3v) is 6.49. The summed E-state index contributed by atoms with van der Waals surface area (Å²) in [6, 6.07) is 13.0. The summed E-state index contributed by atoms with van der Waals surface area (Å²) < 4.78 is 12.4. The molecule has 6 heteroatoms. The van der Waals surface area contributed by atoms with Crippen LogP contribution in [-0.2, 0) is 11.3 Å². The van der Waals surface area contributed by atoms with Gasteiger partial charge in [-0.1, -0.05) is 71.1 Å². The standard InChI is InChI=1S/C30H47NO5/c1-4-7-9-11-19-35-26-16-13-23(14-17-26)29(6-3)36-30(12-10-8-5-2)31-21-28(34)24-15-18-27(33)25(20-24)22-32/h13-18,20,28-34H,4-12,19,21-22H2,1-3H3. The van der Waals surface area contributed by atoms with E-state index < -0.39 is 6.10 Å². The lowest BCUT2D eigenvalue weighted by molar-refractivity contribution is -0.0437. The van der Waals surface area contributed by atoms with Crippen LogP contribution in [0.3, 0.4) is 0 Å². The van der Waals surface area contributed by atoms with E-state index in [-0.39, 0.29) is 24.7 Å². The van der Waals surface area contributed by atoms with Gasteiger partial charge in [0.15, 0.2) is 0 Å². The van der Waals surface area contributed by atoms with E-state index in [1.54, 1.807) is 12.1 Å². The Bertz CT molecular complexity index is 842. The summed E-state index contributed by atoms with van der Waals surface area (Å²) in [6.07, 6.45) is 8.72. The third-order valence-electron chi connectivity index (χ3n) is 6.49. The molecule has 0 radical (unpaired) electrons. The molecule has 4 N–H and O–H groups in total. The molecule has 202 valence electrons. The summed E-state index contributed by atoms with van der Waals surface area (Å²) in [6.45, 7) is 7.30. The Labute approximate surface area is 217 Å². The summed E-state index contributed by atoms with van der Waals surface area (Å²) in [5.41, 5.74) is 2.17. The number of unbranched alkanes of at least 4 members (excludes halogenated alkanes) is 5. The van der Waals surface area contributed by atoms with Crippen LogP contribution < -0.4 is 10.1 Å². The Morgan fingerprint density at radius 2 is 1.56 bits per heavy atom. The average Bonchev–Trinajstić information content (AvgIpc) is 2.90. The van der Waals surface area contributed by atoms with Gasteiger partial charge in [0, 0.05) is 12.1 Å². The Morgan fingerprint density at radius 1 is 0.861 bits per heavy atom. The smallest absolute Gasteiger partial charge is 0.121 e. The molecule has 0 bridgehead atoms. The second kappa shape index (κ2) is 17.4. The maximum atomic E-state index is 10.7. The molecule has 0 spiro atoms. The number of benzene rings is 2. The van der Waals surface area contributed by atoms with Crippen LogP contribution in [0.25, 0.3) is 0 Å². The predicted molar refractivity (Wildman–Crippen MR) is 145 cm³/mol. The van der Waals surface area contributed by atoms with Gasteiger partial charge in [0.2, 0.25) is 0 Å². The first-order valence-corrected chi connectivity index (χ1v) is 13.7. The van der Waals surface area contributed by atoms with Crippen molar-refractivity contribution in [2.75, 3.05) is 13.2 Å². The molecule has 3 unspecified atom stereocenters. The van der Waals surface area contributed by atoms with Gasteiger partial charge in [-0.05, 0) is 61.1 Å². The average molecular weight is 502 g/mol. The molecule has 0 amide bonds. The number of phenols is 1. The molecule has 0 saturated heterocycles. The molecule has 2 rings (SSSR count). The minimum atomic E-state index is -0.776. The van der Waals surface area contributed by atoms with E-state index in [2.05, 4.69) is 38.2 Å². The van der Waals surface area contributed by atoms with Crippen LogP contribution in [0.1, 0.15) is 107 Å². The van der Waals surface area contributed by atoms with Gasteiger partial charge in [-0.2, -0.15) is 0 Å². The van der Waals surface area contributed by atoms with Crippen LogP contribution >= 0.6 is 0 Å². The molecule has 6 nitrogen and oxygen atoms in total. The van der Waals surface area contributed by atoms with Crippen LogP contribution in [0.2, 0.25) is 0 Å².